The molecule has 0 bridgehead atoms. The second-order valence-corrected chi connectivity index (χ2v) is 4.13. The minimum atomic E-state index is -0.912. The fraction of sp³-hybridized carbons (Fsp3) is 0.750. The van der Waals surface area contributed by atoms with E-state index in [-0.39, 0.29) is 6.54 Å². The fourth-order valence-electron chi connectivity index (χ4n) is 1.49. The molecule has 0 saturated carbocycles. The second kappa shape index (κ2) is 4.72. The van der Waals surface area contributed by atoms with E-state index in [4.69, 9.17) is 0 Å². The molecule has 0 aliphatic heterocycles. The third-order valence-electron chi connectivity index (χ3n) is 2.17. The molecule has 74 valence electrons. The topological polar surface area (TPSA) is 63.4 Å². The molecule has 1 aliphatic rings. The van der Waals surface area contributed by atoms with Gasteiger partial charge in [0.15, 0.2) is 0 Å². The van der Waals surface area contributed by atoms with E-state index in [2.05, 4.69) is 15.9 Å². The van der Waals surface area contributed by atoms with Gasteiger partial charge >= 0.3 is 0 Å². The molecular weight excluding hydrogens is 238 g/mol. The summed E-state index contributed by atoms with van der Waals surface area (Å²) in [4.78, 5) is 9.69. The van der Waals surface area contributed by atoms with Gasteiger partial charge in [-0.3, -0.25) is 10.1 Å². The van der Waals surface area contributed by atoms with E-state index in [0.29, 0.717) is 0 Å². The number of aliphatic hydroxyl groups is 1. The highest BCUT2D eigenvalue weighted by atomic mass is 79.9. The first-order valence-corrected chi connectivity index (χ1v) is 5.08. The van der Waals surface area contributed by atoms with Crippen molar-refractivity contribution in [3.63, 3.8) is 0 Å². The predicted molar refractivity (Wildman–Crippen MR) is 52.3 cm³/mol. The van der Waals surface area contributed by atoms with Gasteiger partial charge < -0.3 is 5.11 Å². The van der Waals surface area contributed by atoms with E-state index >= 15 is 0 Å². The van der Waals surface area contributed by atoms with Crippen LogP contribution in [0.4, 0.5) is 0 Å². The summed E-state index contributed by atoms with van der Waals surface area (Å²) in [6.45, 7) is -0.384. The van der Waals surface area contributed by atoms with Crippen LogP contribution in [-0.2, 0) is 0 Å². The van der Waals surface area contributed by atoms with Gasteiger partial charge in [0.1, 0.15) is 6.10 Å². The summed E-state index contributed by atoms with van der Waals surface area (Å²) >= 11 is 3.34. The molecule has 5 heteroatoms. The first-order chi connectivity index (χ1) is 6.11. The molecule has 4 nitrogen and oxygen atoms in total. The van der Waals surface area contributed by atoms with Crippen LogP contribution in [0.3, 0.4) is 0 Å². The van der Waals surface area contributed by atoms with E-state index in [1.807, 2.05) is 0 Å². The Bertz CT molecular complexity index is 240. The quantitative estimate of drug-likeness (QED) is 0.614. The molecule has 13 heavy (non-hydrogen) atoms. The Morgan fingerprint density at radius 1 is 1.54 bits per heavy atom. The van der Waals surface area contributed by atoms with Gasteiger partial charge in [-0.25, -0.2) is 0 Å². The average Bonchev–Trinajstić information content (AvgIpc) is 2.03. The molecule has 0 aromatic heterocycles. The maximum absolute atomic E-state index is 10.2. The van der Waals surface area contributed by atoms with Crippen LogP contribution in [0.2, 0.25) is 0 Å². The van der Waals surface area contributed by atoms with Crippen LogP contribution >= 0.6 is 15.9 Å². The van der Waals surface area contributed by atoms with E-state index in [9.17, 15) is 15.2 Å². The molecule has 0 heterocycles. The highest BCUT2D eigenvalue weighted by molar-refractivity contribution is 9.11. The summed E-state index contributed by atoms with van der Waals surface area (Å²) in [6, 6.07) is 0. The minimum Gasteiger partial charge on any atom is -0.382 e. The van der Waals surface area contributed by atoms with Crippen molar-refractivity contribution in [3.8, 4) is 0 Å². The lowest BCUT2D eigenvalue weighted by Gasteiger charge is -2.18. The number of aliphatic hydroxyl groups excluding tert-OH is 1. The lowest BCUT2D eigenvalue weighted by atomic mass is 9.95. The molecule has 0 radical (unpaired) electrons. The summed E-state index contributed by atoms with van der Waals surface area (Å²) in [5, 5.41) is 19.7. The molecule has 0 saturated heterocycles. The number of hydrogen-bond acceptors (Lipinski definition) is 3. The van der Waals surface area contributed by atoms with Gasteiger partial charge in [-0.15, -0.1) is 0 Å². The van der Waals surface area contributed by atoms with E-state index in [0.717, 1.165) is 35.7 Å². The van der Waals surface area contributed by atoms with Crippen molar-refractivity contribution >= 4 is 15.9 Å². The van der Waals surface area contributed by atoms with E-state index in [1.165, 1.54) is 0 Å². The molecule has 0 spiro atoms. The maximum atomic E-state index is 10.2. The molecule has 0 unspecified atom stereocenters. The Morgan fingerprint density at radius 3 is 2.69 bits per heavy atom. The Kier molecular flexibility index (Phi) is 3.87. The smallest absolute Gasteiger partial charge is 0.233 e. The van der Waals surface area contributed by atoms with Crippen molar-refractivity contribution < 1.29 is 10.0 Å². The Labute approximate surface area is 84.9 Å². The molecular formula is C8H12BrNO3. The highest BCUT2D eigenvalue weighted by Gasteiger charge is 2.21. The normalized spacial score (nSPS) is 20.2. The van der Waals surface area contributed by atoms with Gasteiger partial charge in [-0.05, 0) is 35.7 Å². The van der Waals surface area contributed by atoms with Gasteiger partial charge in [0.2, 0.25) is 6.54 Å². The third-order valence-corrected chi connectivity index (χ3v) is 3.07. The van der Waals surface area contributed by atoms with Gasteiger partial charge in [-0.2, -0.15) is 0 Å². The van der Waals surface area contributed by atoms with Crippen LogP contribution in [0.5, 0.6) is 0 Å². The Hall–Kier alpha value is -0.420. The molecule has 0 aromatic rings. The molecule has 1 aliphatic carbocycles. The lowest BCUT2D eigenvalue weighted by molar-refractivity contribution is -0.488. The number of rotatable bonds is 3. The molecule has 0 amide bonds. The van der Waals surface area contributed by atoms with Crippen LogP contribution in [0.1, 0.15) is 25.7 Å². The fourth-order valence-corrected chi connectivity index (χ4v) is 2.23. The standard InChI is InChI=1S/C8H12BrNO3/c9-7-4-2-1-3-6(7)8(11)5-10(12)13/h8,11H,1-5H2/t8-/m1/s1. The zero-order valence-corrected chi connectivity index (χ0v) is 8.79. The van der Waals surface area contributed by atoms with Gasteiger partial charge in [0.25, 0.3) is 0 Å². The first kappa shape index (κ1) is 10.7. The second-order valence-electron chi connectivity index (χ2n) is 3.17. The summed E-state index contributed by atoms with van der Waals surface area (Å²) < 4.78 is 0.952. The number of halogens is 1. The summed E-state index contributed by atoms with van der Waals surface area (Å²) in [6.07, 6.45) is 2.86. The summed E-state index contributed by atoms with van der Waals surface area (Å²) in [5.41, 5.74) is 0.808. The predicted octanol–water partition coefficient (Wildman–Crippen LogP) is 1.85. The molecule has 1 atom stereocenters. The maximum Gasteiger partial charge on any atom is 0.233 e. The summed E-state index contributed by atoms with van der Waals surface area (Å²) in [5.74, 6) is 0. The molecule has 1 rings (SSSR count). The largest absolute Gasteiger partial charge is 0.382 e. The molecule has 0 fully saturated rings. The van der Waals surface area contributed by atoms with Gasteiger partial charge in [0.05, 0.1) is 0 Å². The third kappa shape index (κ3) is 3.08. The summed E-state index contributed by atoms with van der Waals surface area (Å²) in [7, 11) is 0. The van der Waals surface area contributed by atoms with Gasteiger partial charge in [-0.1, -0.05) is 15.9 Å². The SMILES string of the molecule is O=[N+]([O-])C[C@@H](O)C1=C(Br)CCCC1. The highest BCUT2D eigenvalue weighted by Crippen LogP contribution is 2.30. The van der Waals surface area contributed by atoms with Crippen molar-refractivity contribution in [3.05, 3.63) is 20.2 Å². The monoisotopic (exact) mass is 249 g/mol. The lowest BCUT2D eigenvalue weighted by Crippen LogP contribution is -2.23. The van der Waals surface area contributed by atoms with Crippen molar-refractivity contribution in [2.75, 3.05) is 6.54 Å². The van der Waals surface area contributed by atoms with Gasteiger partial charge in [0, 0.05) is 4.92 Å². The zero-order valence-electron chi connectivity index (χ0n) is 7.20. The van der Waals surface area contributed by atoms with Crippen molar-refractivity contribution in [2.45, 2.75) is 31.8 Å². The van der Waals surface area contributed by atoms with Crippen LogP contribution in [0.25, 0.3) is 0 Å². The van der Waals surface area contributed by atoms with E-state index < -0.39 is 11.0 Å². The van der Waals surface area contributed by atoms with Crippen molar-refractivity contribution in [2.24, 2.45) is 0 Å². The van der Waals surface area contributed by atoms with Crippen LogP contribution < -0.4 is 0 Å². The first-order valence-electron chi connectivity index (χ1n) is 4.28. The molecule has 1 N–H and O–H groups in total. The number of hydrogen-bond donors (Lipinski definition) is 1. The Morgan fingerprint density at radius 2 is 2.15 bits per heavy atom. The number of nitro groups is 1. The minimum absolute atomic E-state index is 0.384. The zero-order chi connectivity index (χ0) is 9.84. The van der Waals surface area contributed by atoms with Crippen LogP contribution in [0, 0.1) is 10.1 Å². The number of nitrogens with zero attached hydrogens (tertiary/aromatic N) is 1. The average molecular weight is 250 g/mol. The van der Waals surface area contributed by atoms with Crippen LogP contribution in [-0.4, -0.2) is 22.7 Å². The van der Waals surface area contributed by atoms with Crippen molar-refractivity contribution in [1.29, 1.82) is 0 Å². The van der Waals surface area contributed by atoms with Crippen LogP contribution in [0.15, 0.2) is 10.1 Å². The Balaban J connectivity index is 2.63. The van der Waals surface area contributed by atoms with E-state index in [1.54, 1.807) is 0 Å². The number of allylic oxidation sites excluding steroid dienone is 1. The van der Waals surface area contributed by atoms with Crippen molar-refractivity contribution in [1.82, 2.24) is 0 Å². The molecule has 0 aromatic carbocycles.